The van der Waals surface area contributed by atoms with Crippen molar-refractivity contribution in [1.82, 2.24) is 0 Å². The summed E-state index contributed by atoms with van der Waals surface area (Å²) in [4.78, 5) is 26.1. The standard InChI is InChI=1S/C26H21Cl5N2O2/c1-12-6-13(2)23(14(3)7-12)33-24(34)19-11-18(4-5-20(19)29)32-25(35)22-21(26(22,30)31)15-8-16(27)10-17(28)9-15/h4-11,21-22H,1-3H3,(H,32,35)(H,33,34). The van der Waals surface area contributed by atoms with E-state index in [1.54, 1.807) is 30.3 Å². The lowest BCUT2D eigenvalue weighted by atomic mass is 10.0. The first kappa shape index (κ1) is 26.1. The van der Waals surface area contributed by atoms with Crippen LogP contribution in [0, 0.1) is 26.7 Å². The highest BCUT2D eigenvalue weighted by molar-refractivity contribution is 6.53. The van der Waals surface area contributed by atoms with Crippen LogP contribution in [0.3, 0.4) is 0 Å². The number of benzene rings is 3. The van der Waals surface area contributed by atoms with Gasteiger partial charge in [-0.25, -0.2) is 0 Å². The highest BCUT2D eigenvalue weighted by atomic mass is 35.5. The van der Waals surface area contributed by atoms with Gasteiger partial charge in [-0.3, -0.25) is 9.59 Å². The summed E-state index contributed by atoms with van der Waals surface area (Å²) in [5, 5.41) is 6.83. The molecule has 0 heterocycles. The van der Waals surface area contributed by atoms with Crippen molar-refractivity contribution in [1.29, 1.82) is 0 Å². The summed E-state index contributed by atoms with van der Waals surface area (Å²) in [5.41, 5.74) is 5.00. The monoisotopic (exact) mass is 568 g/mol. The summed E-state index contributed by atoms with van der Waals surface area (Å²) < 4.78 is -1.31. The first-order valence-electron chi connectivity index (χ1n) is 10.7. The number of aryl methyl sites for hydroxylation is 3. The fourth-order valence-corrected chi connectivity index (χ4v) is 5.95. The molecule has 1 saturated carbocycles. The maximum Gasteiger partial charge on any atom is 0.257 e. The Morgan fingerprint density at radius 1 is 0.829 bits per heavy atom. The van der Waals surface area contributed by atoms with Crippen molar-refractivity contribution in [2.75, 3.05) is 10.6 Å². The molecule has 182 valence electrons. The Kier molecular flexibility index (Phi) is 7.34. The van der Waals surface area contributed by atoms with Crippen LogP contribution < -0.4 is 10.6 Å². The second kappa shape index (κ2) is 9.84. The lowest BCUT2D eigenvalue weighted by molar-refractivity contribution is -0.117. The second-order valence-corrected chi connectivity index (χ2v) is 11.5. The molecule has 9 heteroatoms. The molecule has 0 spiro atoms. The molecule has 0 saturated heterocycles. The molecule has 1 aliphatic carbocycles. The largest absolute Gasteiger partial charge is 0.326 e. The minimum absolute atomic E-state index is 0.223. The molecule has 0 bridgehead atoms. The predicted molar refractivity (Wildman–Crippen MR) is 146 cm³/mol. The SMILES string of the molecule is Cc1cc(C)c(NC(=O)c2cc(NC(=O)C3C(c4cc(Cl)cc(Cl)c4)C3(Cl)Cl)ccc2Cl)c(C)c1. The molecule has 1 fully saturated rings. The van der Waals surface area contributed by atoms with Crippen LogP contribution >= 0.6 is 58.0 Å². The fraction of sp³-hybridized carbons (Fsp3) is 0.231. The Morgan fingerprint density at radius 3 is 2.03 bits per heavy atom. The lowest BCUT2D eigenvalue weighted by Gasteiger charge is -2.14. The van der Waals surface area contributed by atoms with Crippen molar-refractivity contribution >= 4 is 81.2 Å². The molecule has 3 aromatic rings. The van der Waals surface area contributed by atoms with Crippen LogP contribution in [0.25, 0.3) is 0 Å². The van der Waals surface area contributed by atoms with Gasteiger partial charge in [0.15, 0.2) is 0 Å². The number of hydrogen-bond acceptors (Lipinski definition) is 2. The third-order valence-corrected chi connectivity index (χ3v) is 7.68. The van der Waals surface area contributed by atoms with E-state index in [-0.39, 0.29) is 16.5 Å². The first-order valence-corrected chi connectivity index (χ1v) is 12.6. The number of halogens is 5. The van der Waals surface area contributed by atoms with Crippen molar-refractivity contribution in [2.45, 2.75) is 31.0 Å². The Bertz CT molecular complexity index is 1310. The van der Waals surface area contributed by atoms with Crippen LogP contribution in [-0.4, -0.2) is 16.1 Å². The van der Waals surface area contributed by atoms with Crippen molar-refractivity contribution in [3.63, 3.8) is 0 Å². The Hall–Kier alpha value is -1.95. The molecule has 2 atom stereocenters. The molecule has 4 rings (SSSR count). The molecule has 0 aliphatic heterocycles. The van der Waals surface area contributed by atoms with E-state index in [9.17, 15) is 9.59 Å². The van der Waals surface area contributed by atoms with Gasteiger partial charge in [0.1, 0.15) is 4.33 Å². The smallest absolute Gasteiger partial charge is 0.257 e. The number of carbonyl (C=O) groups is 2. The van der Waals surface area contributed by atoms with E-state index in [0.717, 1.165) is 22.4 Å². The summed E-state index contributed by atoms with van der Waals surface area (Å²) in [7, 11) is 0. The van der Waals surface area contributed by atoms with Crippen LogP contribution in [0.1, 0.15) is 38.5 Å². The van der Waals surface area contributed by atoms with Gasteiger partial charge in [0, 0.05) is 27.3 Å². The molecule has 0 radical (unpaired) electrons. The molecule has 0 aromatic heterocycles. The predicted octanol–water partition coefficient (Wildman–Crippen LogP) is 8.35. The normalized spacial score (nSPS) is 18.2. The number of carbonyl (C=O) groups excluding carboxylic acids is 2. The molecule has 1 aliphatic rings. The van der Waals surface area contributed by atoms with Crippen LogP contribution in [0.15, 0.2) is 48.5 Å². The number of nitrogens with one attached hydrogen (secondary N) is 2. The maximum atomic E-state index is 13.0. The molecule has 2 unspecified atom stereocenters. The van der Waals surface area contributed by atoms with Crippen LogP contribution in [0.4, 0.5) is 11.4 Å². The van der Waals surface area contributed by atoms with Gasteiger partial charge in [0.05, 0.1) is 16.5 Å². The quantitative estimate of drug-likeness (QED) is 0.303. The fourth-order valence-electron chi connectivity index (χ4n) is 4.38. The summed E-state index contributed by atoms with van der Waals surface area (Å²) in [6, 6.07) is 13.6. The van der Waals surface area contributed by atoms with Gasteiger partial charge in [-0.2, -0.15) is 0 Å². The zero-order valence-electron chi connectivity index (χ0n) is 19.0. The topological polar surface area (TPSA) is 58.2 Å². The third kappa shape index (κ3) is 5.42. The van der Waals surface area contributed by atoms with E-state index >= 15 is 0 Å². The van der Waals surface area contributed by atoms with Crippen molar-refractivity contribution in [2.24, 2.45) is 5.92 Å². The minimum atomic E-state index is -1.31. The molecule has 35 heavy (non-hydrogen) atoms. The van der Waals surface area contributed by atoms with Crippen molar-refractivity contribution in [3.8, 4) is 0 Å². The van der Waals surface area contributed by atoms with Gasteiger partial charge in [-0.05, 0) is 73.9 Å². The summed E-state index contributed by atoms with van der Waals surface area (Å²) in [6.45, 7) is 5.85. The number of amides is 2. The van der Waals surface area contributed by atoms with Crippen LogP contribution in [0.2, 0.25) is 15.1 Å². The average molecular weight is 571 g/mol. The van der Waals surface area contributed by atoms with Crippen molar-refractivity contribution < 1.29 is 9.59 Å². The Balaban J connectivity index is 1.53. The summed E-state index contributed by atoms with van der Waals surface area (Å²) >= 11 is 31.4. The van der Waals surface area contributed by atoms with Gasteiger partial charge in [-0.1, -0.05) is 52.5 Å². The first-order chi connectivity index (χ1) is 16.4. The molecule has 2 N–H and O–H groups in total. The van der Waals surface area contributed by atoms with E-state index in [2.05, 4.69) is 10.6 Å². The number of hydrogen-bond donors (Lipinski definition) is 2. The zero-order chi connectivity index (χ0) is 25.7. The summed E-state index contributed by atoms with van der Waals surface area (Å²) in [6.07, 6.45) is 0. The molecule has 4 nitrogen and oxygen atoms in total. The zero-order valence-corrected chi connectivity index (χ0v) is 22.8. The number of alkyl halides is 2. The van der Waals surface area contributed by atoms with Gasteiger partial charge in [-0.15, -0.1) is 23.2 Å². The highest BCUT2D eigenvalue weighted by Crippen LogP contribution is 2.65. The Morgan fingerprint density at radius 2 is 1.43 bits per heavy atom. The Labute approximate surface area is 228 Å². The van der Waals surface area contributed by atoms with Gasteiger partial charge < -0.3 is 10.6 Å². The average Bonchev–Trinajstić information content (AvgIpc) is 3.33. The van der Waals surface area contributed by atoms with Gasteiger partial charge >= 0.3 is 0 Å². The highest BCUT2D eigenvalue weighted by Gasteiger charge is 2.67. The van der Waals surface area contributed by atoms with Crippen molar-refractivity contribution in [3.05, 3.63) is 91.4 Å². The van der Waals surface area contributed by atoms with E-state index in [0.29, 0.717) is 21.3 Å². The van der Waals surface area contributed by atoms with Crippen LogP contribution in [-0.2, 0) is 4.79 Å². The molecule has 2 amide bonds. The van der Waals surface area contributed by atoms with E-state index in [1.165, 1.54) is 6.07 Å². The van der Waals surface area contributed by atoms with E-state index < -0.39 is 22.1 Å². The van der Waals surface area contributed by atoms with Gasteiger partial charge in [0.2, 0.25) is 5.91 Å². The molecular weight excluding hydrogens is 550 g/mol. The van der Waals surface area contributed by atoms with Gasteiger partial charge in [0.25, 0.3) is 5.91 Å². The summed E-state index contributed by atoms with van der Waals surface area (Å²) in [5.74, 6) is -1.99. The van der Waals surface area contributed by atoms with E-state index in [1.807, 2.05) is 32.9 Å². The minimum Gasteiger partial charge on any atom is -0.326 e. The van der Waals surface area contributed by atoms with Crippen LogP contribution in [0.5, 0.6) is 0 Å². The van der Waals surface area contributed by atoms with E-state index in [4.69, 9.17) is 58.0 Å². The second-order valence-electron chi connectivity index (χ2n) is 8.74. The molecular formula is C26H21Cl5N2O2. The lowest BCUT2D eigenvalue weighted by Crippen LogP contribution is -2.18. The maximum absolute atomic E-state index is 13.0. The number of rotatable bonds is 5. The number of anilines is 2. The third-order valence-electron chi connectivity index (χ3n) is 5.97. The molecule has 3 aromatic carbocycles.